The second-order valence-electron chi connectivity index (χ2n) is 10.8. The molecular weight excluding hydrogens is 440 g/mol. The first kappa shape index (κ1) is 30.9. The van der Waals surface area contributed by atoms with E-state index in [0.717, 1.165) is 38.9 Å². The molecule has 0 spiro atoms. The van der Waals surface area contributed by atoms with Crippen molar-refractivity contribution in [2.75, 3.05) is 19.8 Å². The number of hydrogen-bond donors (Lipinski definition) is 1. The number of aliphatic carboxylic acids is 1. The van der Waals surface area contributed by atoms with E-state index in [1.54, 1.807) is 12.2 Å². The van der Waals surface area contributed by atoms with Gasteiger partial charge in [-0.3, -0.25) is 0 Å². The molecule has 1 heterocycles. The van der Waals surface area contributed by atoms with Crippen molar-refractivity contribution < 1.29 is 24.2 Å². The zero-order valence-electron chi connectivity index (χ0n) is 23.1. The Kier molecular flexibility index (Phi) is 13.3. The van der Waals surface area contributed by atoms with Gasteiger partial charge in [-0.2, -0.15) is 0 Å². The zero-order chi connectivity index (χ0) is 26.5. The summed E-state index contributed by atoms with van der Waals surface area (Å²) in [6, 6.07) is 0. The van der Waals surface area contributed by atoms with Crippen molar-refractivity contribution in [3.63, 3.8) is 0 Å². The molecule has 2 atom stereocenters. The van der Waals surface area contributed by atoms with Crippen LogP contribution in [0.25, 0.3) is 0 Å². The summed E-state index contributed by atoms with van der Waals surface area (Å²) in [4.78, 5) is 21.4. The third-order valence-electron chi connectivity index (χ3n) is 7.96. The Morgan fingerprint density at radius 2 is 1.40 bits per heavy atom. The highest BCUT2D eigenvalue weighted by molar-refractivity contribution is 5.81. The van der Waals surface area contributed by atoms with E-state index in [2.05, 4.69) is 53.7 Å². The first-order valence-electron chi connectivity index (χ1n) is 13.1. The second kappa shape index (κ2) is 15.1. The van der Waals surface area contributed by atoms with Gasteiger partial charge in [-0.1, -0.05) is 63.1 Å². The molecule has 1 saturated heterocycles. The van der Waals surface area contributed by atoms with Gasteiger partial charge in [0.05, 0.1) is 6.61 Å². The monoisotopic (exact) mass is 488 g/mol. The maximum Gasteiger partial charge on any atom is 0.330 e. The van der Waals surface area contributed by atoms with E-state index >= 15 is 0 Å². The molecule has 2 aliphatic carbocycles. The van der Waals surface area contributed by atoms with Gasteiger partial charge in [-0.05, 0) is 82.0 Å². The van der Waals surface area contributed by atoms with Crippen LogP contribution < -0.4 is 0 Å². The summed E-state index contributed by atoms with van der Waals surface area (Å²) in [7, 11) is 0. The number of rotatable bonds is 7. The van der Waals surface area contributed by atoms with E-state index in [9.17, 15) is 9.59 Å². The predicted octanol–water partition coefficient (Wildman–Crippen LogP) is 7.29. The summed E-state index contributed by atoms with van der Waals surface area (Å²) < 4.78 is 9.79. The smallest absolute Gasteiger partial charge is 0.330 e. The zero-order valence-corrected chi connectivity index (χ0v) is 23.1. The highest BCUT2D eigenvalue weighted by Gasteiger charge is 2.34. The lowest BCUT2D eigenvalue weighted by molar-refractivity contribution is -0.137. The molecule has 3 aliphatic rings. The lowest BCUT2D eigenvalue weighted by atomic mass is 9.76. The lowest BCUT2D eigenvalue weighted by Gasteiger charge is -2.28. The van der Waals surface area contributed by atoms with Crippen molar-refractivity contribution in [1.29, 1.82) is 0 Å². The first-order valence-corrected chi connectivity index (χ1v) is 13.1. The molecule has 0 saturated carbocycles. The fourth-order valence-electron chi connectivity index (χ4n) is 4.54. The fourth-order valence-corrected chi connectivity index (χ4v) is 4.54. The van der Waals surface area contributed by atoms with Crippen LogP contribution in [-0.2, 0) is 19.1 Å². The summed E-state index contributed by atoms with van der Waals surface area (Å²) in [6.45, 7) is 17.6. The number of ether oxygens (including phenoxy) is 2. The van der Waals surface area contributed by atoms with Crippen LogP contribution in [0.2, 0.25) is 0 Å². The van der Waals surface area contributed by atoms with Gasteiger partial charge in [0.2, 0.25) is 0 Å². The Bertz CT molecular complexity index is 786. The van der Waals surface area contributed by atoms with Crippen molar-refractivity contribution in [2.45, 2.75) is 87.0 Å². The highest BCUT2D eigenvalue weighted by atomic mass is 16.5. The average Bonchev–Trinajstić information content (AvgIpc) is 3.50. The molecule has 198 valence electrons. The third-order valence-corrected chi connectivity index (χ3v) is 7.96. The molecule has 0 aromatic carbocycles. The molecule has 5 nitrogen and oxygen atoms in total. The Morgan fingerprint density at radius 1 is 0.943 bits per heavy atom. The van der Waals surface area contributed by atoms with Crippen LogP contribution in [0.5, 0.6) is 0 Å². The van der Waals surface area contributed by atoms with Gasteiger partial charge in [-0.15, -0.1) is 0 Å². The Morgan fingerprint density at radius 3 is 1.71 bits per heavy atom. The molecule has 1 fully saturated rings. The second-order valence-corrected chi connectivity index (χ2v) is 10.8. The number of allylic oxidation sites excluding steroid dienone is 6. The third kappa shape index (κ3) is 10.6. The summed E-state index contributed by atoms with van der Waals surface area (Å²) >= 11 is 0. The lowest BCUT2D eigenvalue weighted by Crippen LogP contribution is -2.19. The largest absolute Gasteiger partial charge is 0.478 e. The van der Waals surface area contributed by atoms with E-state index in [-0.39, 0.29) is 16.8 Å². The van der Waals surface area contributed by atoms with E-state index in [1.165, 1.54) is 30.1 Å². The molecule has 35 heavy (non-hydrogen) atoms. The summed E-state index contributed by atoms with van der Waals surface area (Å²) in [6.07, 6.45) is 17.6. The van der Waals surface area contributed by atoms with Gasteiger partial charge in [0, 0.05) is 25.4 Å². The van der Waals surface area contributed by atoms with Crippen LogP contribution in [0.15, 0.2) is 47.6 Å². The van der Waals surface area contributed by atoms with Crippen molar-refractivity contribution in [3.05, 3.63) is 47.6 Å². The van der Waals surface area contributed by atoms with Crippen LogP contribution in [0, 0.1) is 22.7 Å². The van der Waals surface area contributed by atoms with Crippen molar-refractivity contribution in [2.24, 2.45) is 22.7 Å². The van der Waals surface area contributed by atoms with Crippen molar-refractivity contribution in [1.82, 2.24) is 0 Å². The van der Waals surface area contributed by atoms with Crippen molar-refractivity contribution in [3.8, 4) is 0 Å². The molecule has 0 amide bonds. The standard InChI is InChI=1S/C14H22O2.C12H18O2.C4H8O/c1-5-16-13(15)8-6-7-12-10-9-11(2)14(12,3)4;1-9-7-8-10(12(9,2)3)5-4-6-11(13)14;1-2-4-5-3-1/h6,8-9,12H,5,7,10H2,1-4H3;4,6-7,10H,5,8H2,1-3H3,(H,13,14);1-4H2/b8-6+;6-4+;. The van der Waals surface area contributed by atoms with Gasteiger partial charge in [-0.25, -0.2) is 9.59 Å². The molecular formula is C30H48O5. The summed E-state index contributed by atoms with van der Waals surface area (Å²) in [5.74, 6) is 0.0738. The van der Waals surface area contributed by atoms with Gasteiger partial charge >= 0.3 is 11.9 Å². The first-order chi connectivity index (χ1) is 16.4. The Balaban J connectivity index is 0.000000293. The number of carboxylic acids is 1. The molecule has 0 aromatic rings. The number of carbonyl (C=O) groups is 2. The maximum atomic E-state index is 11.1. The van der Waals surface area contributed by atoms with E-state index in [0.29, 0.717) is 18.4 Å². The van der Waals surface area contributed by atoms with Gasteiger partial charge in [0.1, 0.15) is 0 Å². The number of hydrogen-bond acceptors (Lipinski definition) is 4. The number of esters is 1. The number of carbonyl (C=O) groups excluding carboxylic acids is 1. The quantitative estimate of drug-likeness (QED) is 0.231. The minimum absolute atomic E-state index is 0.225. The molecule has 2 unspecified atom stereocenters. The van der Waals surface area contributed by atoms with Crippen molar-refractivity contribution >= 4 is 11.9 Å². The molecule has 5 heteroatoms. The molecule has 0 radical (unpaired) electrons. The molecule has 3 rings (SSSR count). The minimum Gasteiger partial charge on any atom is -0.478 e. The molecule has 0 bridgehead atoms. The van der Waals surface area contributed by atoms with Crippen LogP contribution in [0.3, 0.4) is 0 Å². The van der Waals surface area contributed by atoms with Gasteiger partial charge in [0.15, 0.2) is 0 Å². The Hall–Kier alpha value is -2.14. The predicted molar refractivity (Wildman–Crippen MR) is 143 cm³/mol. The van der Waals surface area contributed by atoms with Crippen LogP contribution in [0.4, 0.5) is 0 Å². The summed E-state index contributed by atoms with van der Waals surface area (Å²) in [5, 5.41) is 8.47. The molecule has 1 aliphatic heterocycles. The van der Waals surface area contributed by atoms with Crippen LogP contribution in [0.1, 0.15) is 87.0 Å². The van der Waals surface area contributed by atoms with E-state index < -0.39 is 5.97 Å². The maximum absolute atomic E-state index is 11.1. The molecule has 1 N–H and O–H groups in total. The summed E-state index contributed by atoms with van der Waals surface area (Å²) in [5.41, 5.74) is 3.37. The SMILES string of the molecule is C1CCOC1.CC1=CCC(C/C=C/C(=O)O)C1(C)C.CCOC(=O)/C=C/CC1CC=C(C)C1(C)C. The van der Waals surface area contributed by atoms with Gasteiger partial charge in [0.25, 0.3) is 0 Å². The van der Waals surface area contributed by atoms with E-state index in [4.69, 9.17) is 14.6 Å². The highest BCUT2D eigenvalue weighted by Crippen LogP contribution is 2.45. The van der Waals surface area contributed by atoms with E-state index in [1.807, 2.05) is 13.0 Å². The van der Waals surface area contributed by atoms with Gasteiger partial charge < -0.3 is 14.6 Å². The van der Waals surface area contributed by atoms with Crippen LogP contribution >= 0.6 is 0 Å². The molecule has 0 aromatic heterocycles. The Labute approximate surface area is 213 Å². The van der Waals surface area contributed by atoms with Crippen LogP contribution in [-0.4, -0.2) is 36.9 Å². The topological polar surface area (TPSA) is 72.8 Å². The minimum atomic E-state index is -0.856. The average molecular weight is 489 g/mol. The fraction of sp³-hybridized carbons (Fsp3) is 0.667. The normalized spacial score (nSPS) is 24.3. The number of carboxylic acid groups (broad SMARTS) is 1.